The highest BCUT2D eigenvalue weighted by molar-refractivity contribution is 6.30. The number of rotatable bonds is 8. The molecule has 1 aromatic carbocycles. The molecule has 1 aliphatic carbocycles. The van der Waals surface area contributed by atoms with Crippen molar-refractivity contribution in [1.82, 2.24) is 9.97 Å². The standard InChI is InChI=1S/C25H37ClN6O/c1-16(2)24(33)31(14-18-9-6-5-7-10-18)25-29-22(28-20-12-8-11-19(26)13-20)21-23(30-25)32(15-27-21)17(3)4/h8,11-13,16-18,24,27,33H,5-7,9-10,14-15H2,1-4H3,(H,28,29,30)/t24-/m0/s1. The quantitative estimate of drug-likeness (QED) is 0.417. The van der Waals surface area contributed by atoms with Crippen molar-refractivity contribution >= 4 is 40.6 Å². The summed E-state index contributed by atoms with van der Waals surface area (Å²) in [6.45, 7) is 9.84. The van der Waals surface area contributed by atoms with Crippen LogP contribution in [0.1, 0.15) is 59.8 Å². The molecule has 0 amide bonds. The summed E-state index contributed by atoms with van der Waals surface area (Å²) < 4.78 is 0. The number of aliphatic hydroxyl groups is 1. The average Bonchev–Trinajstić information content (AvgIpc) is 3.22. The van der Waals surface area contributed by atoms with E-state index in [9.17, 15) is 5.11 Å². The Bertz CT molecular complexity index is 946. The summed E-state index contributed by atoms with van der Waals surface area (Å²) in [5.74, 6) is 2.75. The molecule has 1 fully saturated rings. The van der Waals surface area contributed by atoms with Crippen LogP contribution in [0.2, 0.25) is 5.02 Å². The first-order chi connectivity index (χ1) is 15.8. The van der Waals surface area contributed by atoms with Gasteiger partial charge in [-0.2, -0.15) is 9.97 Å². The van der Waals surface area contributed by atoms with Crippen LogP contribution in [0, 0.1) is 11.8 Å². The fourth-order valence-electron chi connectivity index (χ4n) is 4.71. The summed E-state index contributed by atoms with van der Waals surface area (Å²) in [4.78, 5) is 14.2. The highest BCUT2D eigenvalue weighted by atomic mass is 35.5. The summed E-state index contributed by atoms with van der Waals surface area (Å²) >= 11 is 6.22. The molecule has 2 heterocycles. The van der Waals surface area contributed by atoms with Crippen molar-refractivity contribution in [1.29, 1.82) is 0 Å². The minimum atomic E-state index is -0.647. The minimum absolute atomic E-state index is 0.0640. The van der Waals surface area contributed by atoms with Gasteiger partial charge in [-0.25, -0.2) is 0 Å². The van der Waals surface area contributed by atoms with E-state index < -0.39 is 6.23 Å². The zero-order valence-electron chi connectivity index (χ0n) is 20.2. The molecule has 8 heteroatoms. The normalized spacial score (nSPS) is 17.3. The van der Waals surface area contributed by atoms with E-state index in [2.05, 4.69) is 29.4 Å². The highest BCUT2D eigenvalue weighted by Crippen LogP contribution is 2.40. The largest absolute Gasteiger partial charge is 0.373 e. The minimum Gasteiger partial charge on any atom is -0.373 e. The number of nitrogens with zero attached hydrogens (tertiary/aromatic N) is 4. The van der Waals surface area contributed by atoms with E-state index in [1.807, 2.05) is 43.0 Å². The third kappa shape index (κ3) is 5.46. The molecular formula is C25H37ClN6O. The van der Waals surface area contributed by atoms with E-state index in [0.29, 0.717) is 29.4 Å². The molecule has 0 unspecified atom stereocenters. The second-order valence-electron chi connectivity index (χ2n) is 9.92. The fourth-order valence-corrected chi connectivity index (χ4v) is 4.90. The number of aromatic nitrogens is 2. The Morgan fingerprint density at radius 2 is 1.94 bits per heavy atom. The lowest BCUT2D eigenvalue weighted by Gasteiger charge is -2.35. The van der Waals surface area contributed by atoms with E-state index in [4.69, 9.17) is 21.6 Å². The van der Waals surface area contributed by atoms with Crippen LogP contribution >= 0.6 is 11.6 Å². The molecule has 180 valence electrons. The molecule has 1 saturated carbocycles. The Kier molecular flexibility index (Phi) is 7.49. The van der Waals surface area contributed by atoms with Gasteiger partial charge in [0.1, 0.15) is 11.9 Å². The molecule has 1 aromatic heterocycles. The van der Waals surface area contributed by atoms with E-state index in [1.165, 1.54) is 32.1 Å². The average molecular weight is 473 g/mol. The summed E-state index contributed by atoms with van der Waals surface area (Å²) in [6.07, 6.45) is 5.56. The predicted octanol–water partition coefficient (Wildman–Crippen LogP) is 5.83. The summed E-state index contributed by atoms with van der Waals surface area (Å²) in [6, 6.07) is 7.90. The molecule has 2 aromatic rings. The van der Waals surface area contributed by atoms with Gasteiger partial charge in [-0.1, -0.05) is 50.8 Å². The number of hydrogen-bond acceptors (Lipinski definition) is 7. The molecule has 7 nitrogen and oxygen atoms in total. The molecular weight excluding hydrogens is 436 g/mol. The number of nitrogens with one attached hydrogen (secondary N) is 2. The maximum Gasteiger partial charge on any atom is 0.231 e. The van der Waals surface area contributed by atoms with E-state index >= 15 is 0 Å². The summed E-state index contributed by atoms with van der Waals surface area (Å²) in [5, 5.41) is 18.8. The highest BCUT2D eigenvalue weighted by Gasteiger charge is 2.32. The molecule has 0 bridgehead atoms. The number of hydrogen-bond donors (Lipinski definition) is 3. The van der Waals surface area contributed by atoms with Crippen LogP contribution in [0.25, 0.3) is 0 Å². The van der Waals surface area contributed by atoms with Gasteiger partial charge >= 0.3 is 0 Å². The third-order valence-corrected chi connectivity index (χ3v) is 6.87. The lowest BCUT2D eigenvalue weighted by Crippen LogP contribution is -2.43. The molecule has 2 aliphatic rings. The molecule has 1 aliphatic heterocycles. The predicted molar refractivity (Wildman–Crippen MR) is 138 cm³/mol. The Morgan fingerprint density at radius 3 is 2.61 bits per heavy atom. The summed E-state index contributed by atoms with van der Waals surface area (Å²) in [7, 11) is 0. The van der Waals surface area contributed by atoms with Gasteiger partial charge in [0.05, 0.1) is 6.67 Å². The van der Waals surface area contributed by atoms with Crippen molar-refractivity contribution in [2.45, 2.75) is 72.1 Å². The third-order valence-electron chi connectivity index (χ3n) is 6.64. The molecule has 0 spiro atoms. The second kappa shape index (κ2) is 10.3. The second-order valence-corrected chi connectivity index (χ2v) is 10.4. The Hall–Kier alpha value is -2.25. The molecule has 0 saturated heterocycles. The summed E-state index contributed by atoms with van der Waals surface area (Å²) in [5.41, 5.74) is 1.74. The first-order valence-corrected chi connectivity index (χ1v) is 12.6. The van der Waals surface area contributed by atoms with Gasteiger partial charge in [-0.15, -0.1) is 0 Å². The van der Waals surface area contributed by atoms with Crippen LogP contribution in [0.15, 0.2) is 24.3 Å². The maximum atomic E-state index is 11.2. The van der Waals surface area contributed by atoms with Crippen molar-refractivity contribution < 1.29 is 5.11 Å². The van der Waals surface area contributed by atoms with Crippen molar-refractivity contribution in [2.24, 2.45) is 11.8 Å². The first-order valence-electron chi connectivity index (χ1n) is 12.2. The molecule has 4 rings (SSSR count). The van der Waals surface area contributed by atoms with Crippen LogP contribution in [-0.4, -0.2) is 40.6 Å². The molecule has 3 N–H and O–H groups in total. The SMILES string of the molecule is CC(C)[C@H](O)N(CC1CCCCC1)c1nc(Nc2cccc(Cl)c2)c2c(n1)N(C(C)C)CN2. The van der Waals surface area contributed by atoms with Crippen LogP contribution < -0.4 is 20.4 Å². The van der Waals surface area contributed by atoms with Gasteiger partial charge in [0.15, 0.2) is 11.6 Å². The van der Waals surface area contributed by atoms with Gasteiger partial charge in [0.25, 0.3) is 0 Å². The zero-order valence-corrected chi connectivity index (χ0v) is 20.9. The van der Waals surface area contributed by atoms with Gasteiger partial charge in [0, 0.05) is 23.3 Å². The first kappa shape index (κ1) is 23.9. The van der Waals surface area contributed by atoms with Gasteiger partial charge < -0.3 is 25.5 Å². The van der Waals surface area contributed by atoms with Gasteiger partial charge in [0.2, 0.25) is 5.95 Å². The molecule has 0 radical (unpaired) electrons. The maximum absolute atomic E-state index is 11.2. The molecule has 33 heavy (non-hydrogen) atoms. The molecule has 1 atom stereocenters. The van der Waals surface area contributed by atoms with Crippen molar-refractivity contribution in [2.75, 3.05) is 33.6 Å². The van der Waals surface area contributed by atoms with Crippen LogP contribution in [0.3, 0.4) is 0 Å². The van der Waals surface area contributed by atoms with Crippen molar-refractivity contribution in [3.05, 3.63) is 29.3 Å². The van der Waals surface area contributed by atoms with Crippen LogP contribution in [0.5, 0.6) is 0 Å². The number of benzene rings is 1. The Morgan fingerprint density at radius 1 is 1.18 bits per heavy atom. The Balaban J connectivity index is 1.75. The van der Waals surface area contributed by atoms with Crippen molar-refractivity contribution in [3.63, 3.8) is 0 Å². The zero-order chi connectivity index (χ0) is 23.5. The monoisotopic (exact) mass is 472 g/mol. The van der Waals surface area contributed by atoms with Gasteiger partial charge in [-0.05, 0) is 56.7 Å². The smallest absolute Gasteiger partial charge is 0.231 e. The van der Waals surface area contributed by atoms with E-state index in [1.54, 1.807) is 0 Å². The van der Waals surface area contributed by atoms with E-state index in [0.717, 1.165) is 23.7 Å². The number of aliphatic hydroxyl groups excluding tert-OH is 1. The number of halogens is 1. The number of anilines is 5. The van der Waals surface area contributed by atoms with Crippen molar-refractivity contribution in [3.8, 4) is 0 Å². The van der Waals surface area contributed by atoms with Crippen LogP contribution in [0.4, 0.5) is 29.0 Å². The van der Waals surface area contributed by atoms with Gasteiger partial charge in [-0.3, -0.25) is 0 Å². The topological polar surface area (TPSA) is 76.5 Å². The Labute approximate surface area is 202 Å². The fraction of sp³-hybridized carbons (Fsp3) is 0.600. The van der Waals surface area contributed by atoms with Crippen LogP contribution in [-0.2, 0) is 0 Å². The number of fused-ring (bicyclic) bond motifs is 1. The lowest BCUT2D eigenvalue weighted by atomic mass is 9.88. The van der Waals surface area contributed by atoms with E-state index in [-0.39, 0.29) is 12.0 Å². The lowest BCUT2D eigenvalue weighted by molar-refractivity contribution is 0.112.